The van der Waals surface area contributed by atoms with E-state index in [1.807, 2.05) is 66.3 Å². The van der Waals surface area contributed by atoms with Crippen LogP contribution in [0.15, 0.2) is 60.9 Å². The first-order valence-electron chi connectivity index (χ1n) is 8.65. The second kappa shape index (κ2) is 8.40. The maximum atomic E-state index is 12.8. The van der Waals surface area contributed by atoms with Crippen LogP contribution in [-0.4, -0.2) is 29.7 Å². The molecule has 0 spiro atoms. The van der Waals surface area contributed by atoms with Crippen LogP contribution >= 0.6 is 0 Å². The quantitative estimate of drug-likeness (QED) is 0.699. The lowest BCUT2D eigenvalue weighted by Gasteiger charge is -2.21. The van der Waals surface area contributed by atoms with E-state index >= 15 is 0 Å². The molecule has 0 aliphatic rings. The first kappa shape index (κ1) is 18.5. The lowest BCUT2D eigenvalue weighted by Crippen LogP contribution is -2.32. The van der Waals surface area contributed by atoms with Crippen molar-refractivity contribution in [2.24, 2.45) is 7.05 Å². The zero-order chi connectivity index (χ0) is 19.2. The maximum absolute atomic E-state index is 12.8. The molecule has 1 atom stereocenters. The first-order valence-corrected chi connectivity index (χ1v) is 8.65. The molecule has 6 heteroatoms. The molecule has 0 saturated heterocycles. The van der Waals surface area contributed by atoms with Gasteiger partial charge in [0.2, 0.25) is 5.91 Å². The molecule has 1 N–H and O–H groups in total. The van der Waals surface area contributed by atoms with Gasteiger partial charge in [-0.05, 0) is 12.1 Å². The Kier molecular flexibility index (Phi) is 5.76. The van der Waals surface area contributed by atoms with Gasteiger partial charge in [-0.2, -0.15) is 0 Å². The van der Waals surface area contributed by atoms with Crippen molar-refractivity contribution in [1.29, 1.82) is 0 Å². The van der Waals surface area contributed by atoms with E-state index in [1.54, 1.807) is 20.4 Å². The van der Waals surface area contributed by atoms with Crippen LogP contribution in [0.5, 0.6) is 11.5 Å². The van der Waals surface area contributed by atoms with Crippen molar-refractivity contribution in [1.82, 2.24) is 14.9 Å². The third kappa shape index (κ3) is 4.11. The third-order valence-electron chi connectivity index (χ3n) is 4.42. The molecule has 0 aliphatic carbocycles. The number of hydrogen-bond donors (Lipinski definition) is 1. The van der Waals surface area contributed by atoms with Gasteiger partial charge in [0.05, 0.1) is 20.6 Å². The van der Waals surface area contributed by atoms with E-state index in [-0.39, 0.29) is 12.3 Å². The molecular weight excluding hydrogens is 342 g/mol. The van der Waals surface area contributed by atoms with Gasteiger partial charge in [0, 0.05) is 30.6 Å². The summed E-state index contributed by atoms with van der Waals surface area (Å²) in [7, 11) is 5.12. The van der Waals surface area contributed by atoms with Crippen LogP contribution in [0.25, 0.3) is 0 Å². The monoisotopic (exact) mass is 365 g/mol. The Bertz CT molecular complexity index is 920. The number of carbonyl (C=O) groups is 1. The van der Waals surface area contributed by atoms with Crippen LogP contribution < -0.4 is 14.8 Å². The van der Waals surface area contributed by atoms with Gasteiger partial charge in [-0.1, -0.05) is 36.4 Å². The standard InChI is InChI=1S/C21H23N3O3/c1-24-13-12-22-21(24)20(16-9-5-7-11-18(16)27-3)23-19(25)14-15-8-4-6-10-17(15)26-2/h4-13,20H,14H2,1-3H3,(H,23,25). The molecule has 3 rings (SSSR count). The van der Waals surface area contributed by atoms with Crippen LogP contribution in [0.4, 0.5) is 0 Å². The molecule has 1 unspecified atom stereocenters. The van der Waals surface area contributed by atoms with Gasteiger partial charge in [0.1, 0.15) is 23.4 Å². The van der Waals surface area contributed by atoms with Crippen LogP contribution in [0.1, 0.15) is 23.0 Å². The summed E-state index contributed by atoms with van der Waals surface area (Å²) in [4.78, 5) is 17.3. The lowest BCUT2D eigenvalue weighted by atomic mass is 10.0. The molecule has 0 radical (unpaired) electrons. The minimum Gasteiger partial charge on any atom is -0.496 e. The number of carbonyl (C=O) groups excluding carboxylic acids is 1. The number of benzene rings is 2. The summed E-state index contributed by atoms with van der Waals surface area (Å²) in [5, 5.41) is 3.09. The number of para-hydroxylation sites is 2. The SMILES string of the molecule is COc1ccccc1CC(=O)NC(c1ccccc1OC)c1nccn1C. The summed E-state index contributed by atoms with van der Waals surface area (Å²) < 4.78 is 12.7. The average Bonchev–Trinajstić information content (AvgIpc) is 3.12. The highest BCUT2D eigenvalue weighted by Crippen LogP contribution is 2.29. The zero-order valence-electron chi connectivity index (χ0n) is 15.7. The fraction of sp³-hybridized carbons (Fsp3) is 0.238. The first-order chi connectivity index (χ1) is 13.1. The molecule has 0 bridgehead atoms. The van der Waals surface area contributed by atoms with Crippen molar-refractivity contribution in [2.45, 2.75) is 12.5 Å². The predicted octanol–water partition coefficient (Wildman–Crippen LogP) is 2.89. The molecule has 0 fully saturated rings. The van der Waals surface area contributed by atoms with E-state index in [2.05, 4.69) is 10.3 Å². The van der Waals surface area contributed by atoms with Crippen molar-refractivity contribution >= 4 is 5.91 Å². The number of methoxy groups -OCH3 is 2. The average molecular weight is 365 g/mol. The number of rotatable bonds is 7. The van der Waals surface area contributed by atoms with Crippen molar-refractivity contribution in [3.05, 3.63) is 77.9 Å². The molecule has 6 nitrogen and oxygen atoms in total. The Morgan fingerprint density at radius 3 is 2.41 bits per heavy atom. The number of aromatic nitrogens is 2. The normalized spacial score (nSPS) is 11.7. The van der Waals surface area contributed by atoms with E-state index < -0.39 is 6.04 Å². The summed E-state index contributed by atoms with van der Waals surface area (Å²) in [5.74, 6) is 1.99. The summed E-state index contributed by atoms with van der Waals surface area (Å²) in [5.41, 5.74) is 1.68. The Morgan fingerprint density at radius 2 is 1.74 bits per heavy atom. The molecule has 1 heterocycles. The largest absolute Gasteiger partial charge is 0.496 e. The second-order valence-corrected chi connectivity index (χ2v) is 6.13. The van der Waals surface area contributed by atoms with Crippen molar-refractivity contribution in [3.63, 3.8) is 0 Å². The maximum Gasteiger partial charge on any atom is 0.225 e. The van der Waals surface area contributed by atoms with Gasteiger partial charge in [0.15, 0.2) is 0 Å². The number of nitrogens with one attached hydrogen (secondary N) is 1. The van der Waals surface area contributed by atoms with Gasteiger partial charge in [-0.3, -0.25) is 4.79 Å². The number of imidazole rings is 1. The highest BCUT2D eigenvalue weighted by molar-refractivity contribution is 5.80. The van der Waals surface area contributed by atoms with Gasteiger partial charge in [-0.25, -0.2) is 4.98 Å². The number of hydrogen-bond acceptors (Lipinski definition) is 4. The van der Waals surface area contributed by atoms with E-state index in [0.29, 0.717) is 11.5 Å². The van der Waals surface area contributed by atoms with Gasteiger partial charge in [0.25, 0.3) is 0 Å². The van der Waals surface area contributed by atoms with Crippen molar-refractivity contribution in [2.75, 3.05) is 14.2 Å². The fourth-order valence-electron chi connectivity index (χ4n) is 3.08. The topological polar surface area (TPSA) is 65.4 Å². The Labute approximate surface area is 158 Å². The second-order valence-electron chi connectivity index (χ2n) is 6.13. The molecule has 27 heavy (non-hydrogen) atoms. The predicted molar refractivity (Wildman–Crippen MR) is 103 cm³/mol. The molecule has 140 valence electrons. The molecule has 1 amide bonds. The zero-order valence-corrected chi connectivity index (χ0v) is 15.7. The van der Waals surface area contributed by atoms with E-state index in [4.69, 9.17) is 9.47 Å². The number of aryl methyl sites for hydroxylation is 1. The smallest absolute Gasteiger partial charge is 0.225 e. The minimum atomic E-state index is -0.427. The van der Waals surface area contributed by atoms with E-state index in [1.165, 1.54) is 0 Å². The molecule has 3 aromatic rings. The number of nitrogens with zero attached hydrogens (tertiary/aromatic N) is 2. The van der Waals surface area contributed by atoms with Gasteiger partial charge < -0.3 is 19.4 Å². The summed E-state index contributed by atoms with van der Waals surface area (Å²) in [6.07, 6.45) is 3.77. The fourth-order valence-corrected chi connectivity index (χ4v) is 3.08. The van der Waals surface area contributed by atoms with Crippen LogP contribution in [0.2, 0.25) is 0 Å². The van der Waals surface area contributed by atoms with Crippen LogP contribution in [0, 0.1) is 0 Å². The van der Waals surface area contributed by atoms with Crippen LogP contribution in [0.3, 0.4) is 0 Å². The van der Waals surface area contributed by atoms with Crippen molar-refractivity contribution < 1.29 is 14.3 Å². The van der Waals surface area contributed by atoms with Crippen LogP contribution in [-0.2, 0) is 18.3 Å². The van der Waals surface area contributed by atoms with Crippen molar-refractivity contribution in [3.8, 4) is 11.5 Å². The molecule has 0 saturated carbocycles. The Hall–Kier alpha value is -3.28. The Morgan fingerprint density at radius 1 is 1.07 bits per heavy atom. The lowest BCUT2D eigenvalue weighted by molar-refractivity contribution is -0.121. The molecular formula is C21H23N3O3. The summed E-state index contributed by atoms with van der Waals surface area (Å²) in [6, 6.07) is 14.7. The minimum absolute atomic E-state index is 0.126. The van der Waals surface area contributed by atoms with Gasteiger partial charge in [-0.15, -0.1) is 0 Å². The highest BCUT2D eigenvalue weighted by atomic mass is 16.5. The van der Waals surface area contributed by atoms with E-state index in [9.17, 15) is 4.79 Å². The van der Waals surface area contributed by atoms with Gasteiger partial charge >= 0.3 is 0 Å². The Balaban J connectivity index is 1.90. The number of ether oxygens (including phenoxy) is 2. The molecule has 0 aliphatic heterocycles. The van der Waals surface area contributed by atoms with E-state index in [0.717, 1.165) is 17.0 Å². The third-order valence-corrected chi connectivity index (χ3v) is 4.42. The number of amides is 1. The summed E-state index contributed by atoms with van der Waals surface area (Å²) >= 11 is 0. The summed E-state index contributed by atoms with van der Waals surface area (Å²) in [6.45, 7) is 0. The molecule has 1 aromatic heterocycles. The highest BCUT2D eigenvalue weighted by Gasteiger charge is 2.24. The molecule has 2 aromatic carbocycles.